The molecular weight excluding hydrogens is 977 g/mol. The third-order valence-corrected chi connectivity index (χ3v) is 13.7. The van der Waals surface area contributed by atoms with Gasteiger partial charge in [-0.15, -0.1) is 0 Å². The highest BCUT2D eigenvalue weighted by Crippen LogP contribution is 2.43. The summed E-state index contributed by atoms with van der Waals surface area (Å²) >= 11 is 0. The fraction of sp³-hybridized carbons (Fsp3) is 0.0606. The molecule has 0 radical (unpaired) electrons. The number of aromatic nitrogens is 5. The monoisotopic (exact) mass is 1020 g/mol. The molecule has 12 aromatic rings. The molecule has 0 aliphatic carbocycles. The van der Waals surface area contributed by atoms with Crippen molar-refractivity contribution in [1.82, 2.24) is 24.5 Å². The van der Waals surface area contributed by atoms with Crippen LogP contribution in [0.5, 0.6) is 0 Å². The van der Waals surface area contributed by atoms with Crippen molar-refractivity contribution in [2.24, 2.45) is 0 Å². The van der Waals surface area contributed by atoms with Gasteiger partial charge in [-0.3, -0.25) is 0 Å². The van der Waals surface area contributed by atoms with Crippen molar-refractivity contribution in [2.75, 3.05) is 0 Å². The van der Waals surface area contributed by atoms with E-state index in [0.717, 1.165) is 57.3 Å². The molecule has 5 nitrogen and oxygen atoms in total. The number of hydrogen-bond acceptors (Lipinski definition) is 4. The summed E-state index contributed by atoms with van der Waals surface area (Å²) < 4.78 is 88.4. The fourth-order valence-electron chi connectivity index (χ4n) is 10.1. The first kappa shape index (κ1) is 48.5. The number of nitrogens with zero attached hydrogens (tertiary/aromatic N) is 5. The Hall–Kier alpha value is -9.48. The van der Waals surface area contributed by atoms with Crippen molar-refractivity contribution in [1.29, 1.82) is 0 Å². The van der Waals surface area contributed by atoms with Gasteiger partial charge in [0, 0.05) is 44.2 Å². The maximum atomic E-state index is 14.4. The van der Waals surface area contributed by atoms with Crippen molar-refractivity contribution in [2.45, 2.75) is 26.2 Å². The quantitative estimate of drug-likeness (QED) is 0.135. The number of halogens is 6. The first-order chi connectivity index (χ1) is 37.2. The van der Waals surface area contributed by atoms with E-state index in [0.29, 0.717) is 95.7 Å². The zero-order valence-corrected chi connectivity index (χ0v) is 41.4. The van der Waals surface area contributed by atoms with E-state index in [4.69, 9.17) is 19.9 Å². The molecule has 3 heterocycles. The topological polar surface area (TPSA) is 56.5 Å². The van der Waals surface area contributed by atoms with E-state index in [1.54, 1.807) is 38.1 Å². The van der Waals surface area contributed by atoms with Crippen LogP contribution in [0.25, 0.3) is 118 Å². The Morgan fingerprint density at radius 3 is 1.10 bits per heavy atom. The molecule has 0 aliphatic heterocycles. The van der Waals surface area contributed by atoms with E-state index in [2.05, 4.69) is 0 Å². The van der Waals surface area contributed by atoms with Gasteiger partial charge in [0.1, 0.15) is 0 Å². The smallest absolute Gasteiger partial charge is 0.308 e. The summed E-state index contributed by atoms with van der Waals surface area (Å²) in [5, 5.41) is 1.52. The van der Waals surface area contributed by atoms with Gasteiger partial charge >= 0.3 is 12.4 Å². The molecule has 3 aromatic heterocycles. The third-order valence-electron chi connectivity index (χ3n) is 13.7. The second-order valence-electron chi connectivity index (χ2n) is 19.1. The predicted molar refractivity (Wildman–Crippen MR) is 295 cm³/mol. The molecule has 374 valence electrons. The molecule has 0 saturated carbocycles. The van der Waals surface area contributed by atoms with E-state index in [1.807, 2.05) is 180 Å². The summed E-state index contributed by atoms with van der Waals surface area (Å²) in [6, 6.07) is 68.1. The fourth-order valence-corrected chi connectivity index (χ4v) is 10.1. The molecule has 12 rings (SSSR count). The number of benzene rings is 9. The summed E-state index contributed by atoms with van der Waals surface area (Å²) in [5.41, 5.74) is 10.3. The van der Waals surface area contributed by atoms with E-state index in [-0.39, 0.29) is 0 Å². The van der Waals surface area contributed by atoms with Gasteiger partial charge in [-0.1, -0.05) is 164 Å². The SMILES string of the molecule is Cc1cc(-c2ccc3c4ccc(-c5cc(C)cc(C(F)(F)F)c5)cc4n(-c4ccc(-c5cc(-c6ccccc6)nc(-c6ccccc6)n5)cc4-c4nc(-c5ccccc5)cc(-c5ccccc5)n4)c3c2)cc(C(F)(F)F)c1. The van der Waals surface area contributed by atoms with Crippen LogP contribution in [0.1, 0.15) is 22.3 Å². The largest absolute Gasteiger partial charge is 0.416 e. The Balaban J connectivity index is 1.18. The van der Waals surface area contributed by atoms with E-state index in [1.165, 1.54) is 0 Å². The lowest BCUT2D eigenvalue weighted by molar-refractivity contribution is -0.138. The van der Waals surface area contributed by atoms with Crippen LogP contribution in [0.3, 0.4) is 0 Å². The van der Waals surface area contributed by atoms with Gasteiger partial charge in [-0.05, 0) is 108 Å². The molecule has 0 saturated heterocycles. The van der Waals surface area contributed by atoms with Crippen LogP contribution in [-0.4, -0.2) is 24.5 Å². The molecule has 11 heteroatoms. The Morgan fingerprint density at radius 1 is 0.312 bits per heavy atom. The minimum Gasteiger partial charge on any atom is -0.308 e. The molecule has 0 fully saturated rings. The molecular formula is C66H43F6N5. The van der Waals surface area contributed by atoms with E-state index >= 15 is 0 Å². The van der Waals surface area contributed by atoms with Crippen LogP contribution < -0.4 is 0 Å². The van der Waals surface area contributed by atoms with Crippen LogP contribution in [0.15, 0.2) is 224 Å². The number of rotatable bonds is 9. The normalized spacial score (nSPS) is 11.9. The first-order valence-corrected chi connectivity index (χ1v) is 24.8. The summed E-state index contributed by atoms with van der Waals surface area (Å²) in [6.07, 6.45) is -9.18. The van der Waals surface area contributed by atoms with Crippen LogP contribution in [-0.2, 0) is 12.4 Å². The average Bonchev–Trinajstić information content (AvgIpc) is 4.00. The lowest BCUT2D eigenvalue weighted by Crippen LogP contribution is -2.05. The predicted octanol–water partition coefficient (Wildman–Crippen LogP) is 18.4. The maximum absolute atomic E-state index is 14.4. The Morgan fingerprint density at radius 2 is 0.688 bits per heavy atom. The van der Waals surface area contributed by atoms with Gasteiger partial charge in [0.25, 0.3) is 0 Å². The second kappa shape index (κ2) is 19.3. The van der Waals surface area contributed by atoms with Crippen molar-refractivity contribution < 1.29 is 26.3 Å². The van der Waals surface area contributed by atoms with Gasteiger partial charge in [-0.2, -0.15) is 26.3 Å². The highest BCUT2D eigenvalue weighted by Gasteiger charge is 2.32. The molecule has 0 atom stereocenters. The second-order valence-corrected chi connectivity index (χ2v) is 19.1. The third kappa shape index (κ3) is 9.64. The van der Waals surface area contributed by atoms with Gasteiger partial charge in [0.2, 0.25) is 0 Å². The number of aryl methyl sites for hydroxylation is 2. The lowest BCUT2D eigenvalue weighted by atomic mass is 9.98. The molecule has 0 N–H and O–H groups in total. The van der Waals surface area contributed by atoms with Crippen molar-refractivity contribution in [3.63, 3.8) is 0 Å². The van der Waals surface area contributed by atoms with Gasteiger partial charge in [0.05, 0.1) is 50.6 Å². The molecule has 9 aromatic carbocycles. The van der Waals surface area contributed by atoms with E-state index < -0.39 is 23.5 Å². The lowest BCUT2D eigenvalue weighted by Gasteiger charge is -2.18. The highest BCUT2D eigenvalue weighted by atomic mass is 19.4. The Kier molecular flexibility index (Phi) is 12.2. The zero-order valence-electron chi connectivity index (χ0n) is 41.4. The summed E-state index contributed by atoms with van der Waals surface area (Å²) in [6.45, 7) is 3.27. The standard InChI is InChI=1S/C66H43F6N5/c1-40-29-49(33-51(31-40)65(67,68)69)46-23-26-53-54-27-24-47(50-30-41(2)32-52(34-50)66(70,71)72)37-62(54)77(61(53)36-46)60-28-25-48(59-39-56(42-15-7-3-8-16-42)73-63(74-59)45-21-13-6-14-22-45)35-55(60)64-75-57(43-17-9-4-10-18-43)38-58(76-64)44-19-11-5-12-20-44/h3-39H,1-2H3. The summed E-state index contributed by atoms with van der Waals surface area (Å²) in [5.74, 6) is 0.866. The van der Waals surface area contributed by atoms with Gasteiger partial charge in [0.15, 0.2) is 11.6 Å². The number of alkyl halides is 6. The molecule has 0 aliphatic rings. The highest BCUT2D eigenvalue weighted by molar-refractivity contribution is 6.12. The van der Waals surface area contributed by atoms with Crippen LogP contribution in [0.2, 0.25) is 0 Å². The van der Waals surface area contributed by atoms with Gasteiger partial charge < -0.3 is 4.57 Å². The minimum absolute atomic E-state index is 0.354. The van der Waals surface area contributed by atoms with Crippen molar-refractivity contribution >= 4 is 21.8 Å². The molecule has 0 amide bonds. The first-order valence-electron chi connectivity index (χ1n) is 24.8. The zero-order chi connectivity index (χ0) is 53.0. The van der Waals surface area contributed by atoms with Crippen LogP contribution in [0.4, 0.5) is 26.3 Å². The van der Waals surface area contributed by atoms with Crippen LogP contribution >= 0.6 is 0 Å². The number of hydrogen-bond donors (Lipinski definition) is 0. The van der Waals surface area contributed by atoms with Crippen molar-refractivity contribution in [3.8, 4) is 95.7 Å². The van der Waals surface area contributed by atoms with Gasteiger partial charge in [-0.25, -0.2) is 19.9 Å². The Bertz CT molecular complexity index is 3960. The molecule has 0 spiro atoms. The van der Waals surface area contributed by atoms with Crippen molar-refractivity contribution in [3.05, 3.63) is 247 Å². The van der Waals surface area contributed by atoms with E-state index in [9.17, 15) is 26.3 Å². The Labute approximate surface area is 439 Å². The maximum Gasteiger partial charge on any atom is 0.416 e. The molecule has 0 bridgehead atoms. The molecule has 0 unspecified atom stereocenters. The van der Waals surface area contributed by atoms with Crippen LogP contribution in [0, 0.1) is 13.8 Å². The summed E-state index contributed by atoms with van der Waals surface area (Å²) in [4.78, 5) is 20.9. The average molecular weight is 1020 g/mol. The number of fused-ring (bicyclic) bond motifs is 3. The summed E-state index contributed by atoms with van der Waals surface area (Å²) in [7, 11) is 0. The molecule has 77 heavy (non-hydrogen) atoms. The minimum atomic E-state index is -4.59.